The highest BCUT2D eigenvalue weighted by molar-refractivity contribution is 5.85. The molecule has 4 rings (SSSR count). The highest BCUT2D eigenvalue weighted by Gasteiger charge is 2.44. The first-order valence-corrected chi connectivity index (χ1v) is 9.66. The van der Waals surface area contributed by atoms with E-state index in [9.17, 15) is 9.59 Å². The minimum atomic E-state index is -0.702. The summed E-state index contributed by atoms with van der Waals surface area (Å²) in [7, 11) is 0. The van der Waals surface area contributed by atoms with Crippen molar-refractivity contribution in [2.75, 3.05) is 13.1 Å². The fourth-order valence-electron chi connectivity index (χ4n) is 4.19. The summed E-state index contributed by atoms with van der Waals surface area (Å²) in [6, 6.07) is 12.1. The Bertz CT molecular complexity index is 848. The largest absolute Gasteiger partial charge is 0.369 e. The molecule has 0 radical (unpaired) electrons. The number of carbonyl (C=O) groups is 2. The minimum Gasteiger partial charge on any atom is -0.369 e. The molecular formula is C22H25N3O2. The quantitative estimate of drug-likeness (QED) is 0.887. The number of pyridine rings is 1. The monoisotopic (exact) mass is 363 g/mol. The molecule has 1 unspecified atom stereocenters. The smallest absolute Gasteiger partial charge is 0.225 e. The van der Waals surface area contributed by atoms with Crippen LogP contribution in [0.3, 0.4) is 0 Å². The molecule has 140 valence electrons. The SMILES string of the molecule is NC(=O)C1(Cc2ccccc2-c2ccncc2)CCCN(C(=O)C2CC2)C1. The van der Waals surface area contributed by atoms with Gasteiger partial charge >= 0.3 is 0 Å². The maximum Gasteiger partial charge on any atom is 0.225 e. The molecular weight excluding hydrogens is 338 g/mol. The summed E-state index contributed by atoms with van der Waals surface area (Å²) in [6.45, 7) is 1.17. The molecule has 2 aromatic rings. The molecule has 2 heterocycles. The predicted molar refractivity (Wildman–Crippen MR) is 104 cm³/mol. The van der Waals surface area contributed by atoms with Crippen molar-refractivity contribution < 1.29 is 9.59 Å². The van der Waals surface area contributed by atoms with Crippen LogP contribution in [0.25, 0.3) is 11.1 Å². The molecule has 2 fully saturated rings. The first-order valence-electron chi connectivity index (χ1n) is 9.66. The van der Waals surface area contributed by atoms with Gasteiger partial charge in [-0.15, -0.1) is 0 Å². The van der Waals surface area contributed by atoms with Crippen molar-refractivity contribution >= 4 is 11.8 Å². The lowest BCUT2D eigenvalue weighted by Gasteiger charge is -2.41. The lowest BCUT2D eigenvalue weighted by Crippen LogP contribution is -2.53. The third-order valence-corrected chi connectivity index (χ3v) is 5.88. The molecule has 1 aliphatic heterocycles. The highest BCUT2D eigenvalue weighted by Crippen LogP contribution is 2.39. The van der Waals surface area contributed by atoms with Gasteiger partial charge in [0, 0.05) is 31.4 Å². The van der Waals surface area contributed by atoms with Crippen LogP contribution in [0, 0.1) is 11.3 Å². The minimum absolute atomic E-state index is 0.165. The number of nitrogens with zero attached hydrogens (tertiary/aromatic N) is 2. The van der Waals surface area contributed by atoms with Gasteiger partial charge in [-0.2, -0.15) is 0 Å². The Hall–Kier alpha value is -2.69. The summed E-state index contributed by atoms with van der Waals surface area (Å²) in [5, 5.41) is 0. The lowest BCUT2D eigenvalue weighted by atomic mass is 9.73. The van der Waals surface area contributed by atoms with Gasteiger partial charge in [0.05, 0.1) is 5.41 Å². The third kappa shape index (κ3) is 3.59. The van der Waals surface area contributed by atoms with Crippen LogP contribution in [-0.2, 0) is 16.0 Å². The van der Waals surface area contributed by atoms with Crippen molar-refractivity contribution in [1.29, 1.82) is 0 Å². The molecule has 2 aliphatic rings. The van der Waals surface area contributed by atoms with E-state index in [4.69, 9.17) is 5.73 Å². The molecule has 1 aromatic carbocycles. The number of benzene rings is 1. The standard InChI is InChI=1S/C22H25N3O2/c23-21(27)22(10-3-13-25(15-22)20(26)17-6-7-17)14-18-4-1-2-5-19(18)16-8-11-24-12-9-16/h1-2,4-5,8-9,11-12,17H,3,6-7,10,13-15H2,(H2,23,27). The first-order chi connectivity index (χ1) is 13.1. The van der Waals surface area contributed by atoms with Crippen molar-refractivity contribution in [2.24, 2.45) is 17.1 Å². The van der Waals surface area contributed by atoms with Gasteiger partial charge < -0.3 is 10.6 Å². The summed E-state index contributed by atoms with van der Waals surface area (Å²) < 4.78 is 0. The van der Waals surface area contributed by atoms with Crippen LogP contribution in [0.1, 0.15) is 31.2 Å². The van der Waals surface area contributed by atoms with E-state index in [1.54, 1.807) is 12.4 Å². The molecule has 1 atom stereocenters. The molecule has 27 heavy (non-hydrogen) atoms. The maximum absolute atomic E-state index is 12.6. The molecule has 0 spiro atoms. The van der Waals surface area contributed by atoms with E-state index in [0.29, 0.717) is 13.0 Å². The Morgan fingerprint density at radius 3 is 2.59 bits per heavy atom. The lowest BCUT2D eigenvalue weighted by molar-refractivity contribution is -0.140. The van der Waals surface area contributed by atoms with Gasteiger partial charge in [-0.1, -0.05) is 24.3 Å². The summed E-state index contributed by atoms with van der Waals surface area (Å²) in [6.07, 6.45) is 7.59. The zero-order valence-electron chi connectivity index (χ0n) is 15.4. The van der Waals surface area contributed by atoms with E-state index in [-0.39, 0.29) is 17.7 Å². The molecule has 1 saturated carbocycles. The highest BCUT2D eigenvalue weighted by atomic mass is 16.2. The van der Waals surface area contributed by atoms with Gasteiger partial charge in [-0.25, -0.2) is 0 Å². The van der Waals surface area contributed by atoms with Crippen molar-refractivity contribution in [1.82, 2.24) is 9.88 Å². The van der Waals surface area contributed by atoms with Crippen molar-refractivity contribution in [3.05, 3.63) is 54.4 Å². The summed E-state index contributed by atoms with van der Waals surface area (Å²) in [5.74, 6) is 0.0563. The van der Waals surface area contributed by atoms with E-state index in [0.717, 1.165) is 48.9 Å². The van der Waals surface area contributed by atoms with Crippen molar-refractivity contribution in [3.8, 4) is 11.1 Å². The first kappa shape index (κ1) is 17.7. The molecule has 5 nitrogen and oxygen atoms in total. The average molecular weight is 363 g/mol. The molecule has 1 aromatic heterocycles. The maximum atomic E-state index is 12.6. The van der Waals surface area contributed by atoms with E-state index in [2.05, 4.69) is 17.1 Å². The van der Waals surface area contributed by atoms with Gasteiger partial charge in [-0.3, -0.25) is 14.6 Å². The normalized spacial score (nSPS) is 22.4. The number of aromatic nitrogens is 1. The van der Waals surface area contributed by atoms with E-state index in [1.807, 2.05) is 29.2 Å². The van der Waals surface area contributed by atoms with Crippen LogP contribution in [0.5, 0.6) is 0 Å². The van der Waals surface area contributed by atoms with Gasteiger partial charge in [0.1, 0.15) is 0 Å². The van der Waals surface area contributed by atoms with Crippen LogP contribution >= 0.6 is 0 Å². The second-order valence-corrected chi connectivity index (χ2v) is 7.85. The van der Waals surface area contributed by atoms with Gasteiger partial charge in [0.15, 0.2) is 0 Å². The summed E-state index contributed by atoms with van der Waals surface area (Å²) in [5.41, 5.74) is 8.45. The number of amides is 2. The number of nitrogens with two attached hydrogens (primary N) is 1. The molecule has 5 heteroatoms. The number of likely N-dealkylation sites (tertiary alicyclic amines) is 1. The van der Waals surface area contributed by atoms with E-state index < -0.39 is 5.41 Å². The number of primary amides is 1. The fourth-order valence-corrected chi connectivity index (χ4v) is 4.19. The Labute approximate surface area is 159 Å². The summed E-state index contributed by atoms with van der Waals surface area (Å²) in [4.78, 5) is 31.1. The number of carbonyl (C=O) groups excluding carboxylic acids is 2. The average Bonchev–Trinajstić information content (AvgIpc) is 3.54. The molecule has 0 bridgehead atoms. The predicted octanol–water partition coefficient (Wildman–Crippen LogP) is 2.80. The fraction of sp³-hybridized carbons (Fsp3) is 0.409. The van der Waals surface area contributed by atoms with Gasteiger partial charge in [0.2, 0.25) is 11.8 Å². The van der Waals surface area contributed by atoms with Gasteiger partial charge in [-0.05, 0) is 60.9 Å². The van der Waals surface area contributed by atoms with Crippen molar-refractivity contribution in [2.45, 2.75) is 32.1 Å². The van der Waals surface area contributed by atoms with Crippen LogP contribution in [-0.4, -0.2) is 34.8 Å². The molecule has 1 aliphatic carbocycles. The van der Waals surface area contributed by atoms with Crippen LogP contribution in [0.4, 0.5) is 0 Å². The Kier molecular flexibility index (Phi) is 4.68. The summed E-state index contributed by atoms with van der Waals surface area (Å²) >= 11 is 0. The zero-order chi connectivity index (χ0) is 18.9. The number of rotatable bonds is 5. The zero-order valence-corrected chi connectivity index (χ0v) is 15.4. The van der Waals surface area contributed by atoms with Crippen LogP contribution in [0.2, 0.25) is 0 Å². The second-order valence-electron chi connectivity index (χ2n) is 7.85. The Morgan fingerprint density at radius 1 is 1.15 bits per heavy atom. The second kappa shape index (κ2) is 7.14. The number of hydrogen-bond donors (Lipinski definition) is 1. The van der Waals surface area contributed by atoms with Crippen LogP contribution in [0.15, 0.2) is 48.8 Å². The Morgan fingerprint density at radius 2 is 1.89 bits per heavy atom. The Balaban J connectivity index is 1.64. The molecule has 1 saturated heterocycles. The van der Waals surface area contributed by atoms with Gasteiger partial charge in [0.25, 0.3) is 0 Å². The topological polar surface area (TPSA) is 76.3 Å². The number of hydrogen-bond acceptors (Lipinski definition) is 3. The molecule has 2 amide bonds. The van der Waals surface area contributed by atoms with Crippen molar-refractivity contribution in [3.63, 3.8) is 0 Å². The molecule has 2 N–H and O–H groups in total. The third-order valence-electron chi connectivity index (χ3n) is 5.88. The van der Waals surface area contributed by atoms with E-state index >= 15 is 0 Å². The number of piperidine rings is 1. The van der Waals surface area contributed by atoms with Crippen LogP contribution < -0.4 is 5.73 Å². The van der Waals surface area contributed by atoms with E-state index in [1.165, 1.54) is 0 Å².